The average Bonchev–Trinajstić information content (AvgIpc) is 3.06. The predicted octanol–water partition coefficient (Wildman–Crippen LogP) is 3.39. The molecule has 1 aromatic carbocycles. The van der Waals surface area contributed by atoms with Gasteiger partial charge in [0.2, 0.25) is 0 Å². The first kappa shape index (κ1) is 16.3. The molecule has 0 spiro atoms. The smallest absolute Gasteiger partial charge is 0.159 e. The van der Waals surface area contributed by atoms with Crippen molar-refractivity contribution in [3.63, 3.8) is 0 Å². The zero-order valence-corrected chi connectivity index (χ0v) is 14.3. The Balaban J connectivity index is 1.64. The highest BCUT2D eigenvalue weighted by atomic mass is 15.3. The van der Waals surface area contributed by atoms with Gasteiger partial charge in [-0.1, -0.05) is 30.3 Å². The van der Waals surface area contributed by atoms with E-state index in [1.807, 2.05) is 53.5 Å². The van der Waals surface area contributed by atoms with Crippen molar-refractivity contribution < 1.29 is 0 Å². The largest absolute Gasteiger partial charge is 0.307 e. The first-order valence-corrected chi connectivity index (χ1v) is 8.25. The molecule has 0 aliphatic carbocycles. The van der Waals surface area contributed by atoms with Crippen LogP contribution in [-0.2, 0) is 6.54 Å². The van der Waals surface area contributed by atoms with Gasteiger partial charge < -0.3 is 5.32 Å². The molecule has 0 saturated heterocycles. The Labute approximate surface area is 142 Å². The Morgan fingerprint density at radius 3 is 2.62 bits per heavy atom. The van der Waals surface area contributed by atoms with Crippen LogP contribution in [0.4, 0.5) is 0 Å². The van der Waals surface area contributed by atoms with Crippen LogP contribution >= 0.6 is 0 Å². The molecule has 0 aliphatic heterocycles. The van der Waals surface area contributed by atoms with Gasteiger partial charge in [-0.2, -0.15) is 5.10 Å². The van der Waals surface area contributed by atoms with Crippen molar-refractivity contribution in [2.45, 2.75) is 39.4 Å². The van der Waals surface area contributed by atoms with Crippen LogP contribution < -0.4 is 5.32 Å². The Kier molecular flexibility index (Phi) is 5.01. The van der Waals surface area contributed by atoms with Crippen LogP contribution in [0, 0.1) is 6.92 Å². The number of aryl methyl sites for hydroxylation is 1. The summed E-state index contributed by atoms with van der Waals surface area (Å²) >= 11 is 0. The fraction of sp³-hybridized carbons (Fsp3) is 0.316. The van der Waals surface area contributed by atoms with Gasteiger partial charge in [0.25, 0.3) is 0 Å². The Bertz CT molecular complexity index is 781. The highest BCUT2D eigenvalue weighted by molar-refractivity contribution is 5.54. The van der Waals surface area contributed by atoms with E-state index in [1.165, 1.54) is 5.56 Å². The number of nitrogens with zero attached hydrogens (tertiary/aromatic N) is 4. The summed E-state index contributed by atoms with van der Waals surface area (Å²) in [4.78, 5) is 9.02. The molecule has 0 unspecified atom stereocenters. The van der Waals surface area contributed by atoms with Gasteiger partial charge in [0.05, 0.1) is 17.9 Å². The second-order valence-corrected chi connectivity index (χ2v) is 6.15. The van der Waals surface area contributed by atoms with Crippen LogP contribution in [0.15, 0.2) is 55.0 Å². The Morgan fingerprint density at radius 1 is 1.12 bits per heavy atom. The predicted molar refractivity (Wildman–Crippen MR) is 95.4 cm³/mol. The fourth-order valence-electron chi connectivity index (χ4n) is 2.54. The molecule has 2 aromatic heterocycles. The summed E-state index contributed by atoms with van der Waals surface area (Å²) < 4.78 is 2.00. The summed E-state index contributed by atoms with van der Waals surface area (Å²) in [6, 6.07) is 12.5. The molecule has 0 amide bonds. The van der Waals surface area contributed by atoms with Crippen molar-refractivity contribution in [2.24, 2.45) is 0 Å². The molecule has 2 heterocycles. The second kappa shape index (κ2) is 7.36. The molecular formula is C19H23N5. The Hall–Kier alpha value is -2.53. The normalized spacial score (nSPS) is 13.6. The lowest BCUT2D eigenvalue weighted by Gasteiger charge is -2.21. The maximum absolute atomic E-state index is 4.66. The van der Waals surface area contributed by atoms with E-state index in [2.05, 4.69) is 47.4 Å². The van der Waals surface area contributed by atoms with Gasteiger partial charge in [-0.15, -0.1) is 0 Å². The number of rotatable bonds is 6. The van der Waals surface area contributed by atoms with Gasteiger partial charge in [-0.3, -0.25) is 4.68 Å². The van der Waals surface area contributed by atoms with Crippen LogP contribution in [0.2, 0.25) is 0 Å². The van der Waals surface area contributed by atoms with Gasteiger partial charge in [-0.05, 0) is 32.4 Å². The van der Waals surface area contributed by atoms with E-state index in [0.29, 0.717) is 6.54 Å². The fourth-order valence-corrected chi connectivity index (χ4v) is 2.54. The quantitative estimate of drug-likeness (QED) is 0.756. The van der Waals surface area contributed by atoms with Crippen molar-refractivity contribution in [2.75, 3.05) is 0 Å². The summed E-state index contributed by atoms with van der Waals surface area (Å²) in [5.41, 5.74) is 3.20. The molecule has 3 aromatic rings. The maximum atomic E-state index is 4.66. The first-order chi connectivity index (χ1) is 11.6. The van der Waals surface area contributed by atoms with Crippen LogP contribution in [0.25, 0.3) is 11.4 Å². The van der Waals surface area contributed by atoms with Crippen LogP contribution in [-0.4, -0.2) is 25.8 Å². The van der Waals surface area contributed by atoms with E-state index in [4.69, 9.17) is 0 Å². The molecule has 24 heavy (non-hydrogen) atoms. The number of hydrogen-bond donors (Lipinski definition) is 1. The van der Waals surface area contributed by atoms with E-state index in [9.17, 15) is 0 Å². The Morgan fingerprint density at radius 2 is 1.92 bits per heavy atom. The van der Waals surface area contributed by atoms with Crippen molar-refractivity contribution in [3.8, 4) is 11.4 Å². The topological polar surface area (TPSA) is 55.6 Å². The van der Waals surface area contributed by atoms with Crippen molar-refractivity contribution in [1.29, 1.82) is 0 Å². The zero-order valence-electron chi connectivity index (χ0n) is 14.3. The lowest BCUT2D eigenvalue weighted by Crippen LogP contribution is -2.33. The van der Waals surface area contributed by atoms with Crippen LogP contribution in [0.1, 0.15) is 31.1 Å². The second-order valence-electron chi connectivity index (χ2n) is 6.15. The molecule has 0 bridgehead atoms. The minimum absolute atomic E-state index is 0.272. The lowest BCUT2D eigenvalue weighted by molar-refractivity contribution is 0.363. The molecule has 2 atom stereocenters. The highest BCUT2D eigenvalue weighted by Crippen LogP contribution is 2.14. The average molecular weight is 321 g/mol. The van der Waals surface area contributed by atoms with Gasteiger partial charge in [0.15, 0.2) is 5.82 Å². The third kappa shape index (κ3) is 3.86. The highest BCUT2D eigenvalue weighted by Gasteiger charge is 2.14. The lowest BCUT2D eigenvalue weighted by atomic mass is 10.1. The third-order valence-electron chi connectivity index (χ3n) is 4.22. The third-order valence-corrected chi connectivity index (χ3v) is 4.22. The van der Waals surface area contributed by atoms with Crippen molar-refractivity contribution in [1.82, 2.24) is 25.1 Å². The van der Waals surface area contributed by atoms with Gasteiger partial charge in [0, 0.05) is 30.5 Å². The molecule has 3 rings (SSSR count). The monoisotopic (exact) mass is 321 g/mol. The molecule has 5 heteroatoms. The molecule has 124 valence electrons. The number of aromatic nitrogens is 4. The van der Waals surface area contributed by atoms with E-state index in [-0.39, 0.29) is 12.1 Å². The molecule has 5 nitrogen and oxygen atoms in total. The molecule has 0 aliphatic rings. The minimum Gasteiger partial charge on any atom is -0.307 e. The van der Waals surface area contributed by atoms with Crippen molar-refractivity contribution >= 4 is 0 Å². The summed E-state index contributed by atoms with van der Waals surface area (Å²) in [7, 11) is 0. The summed E-state index contributed by atoms with van der Waals surface area (Å²) in [6.07, 6.45) is 5.78. The number of hydrogen-bond acceptors (Lipinski definition) is 4. The van der Waals surface area contributed by atoms with Gasteiger partial charge in [-0.25, -0.2) is 9.97 Å². The standard InChI is InChI=1S/C19H23N5/c1-14-11-22-24(13-14)16(3)15(2)21-12-18-9-10-20-19(23-18)17-7-5-4-6-8-17/h4-11,13,15-16,21H,12H2,1-3H3/t15-,16+/m0/s1. The van der Waals surface area contributed by atoms with Crippen molar-refractivity contribution in [3.05, 3.63) is 66.2 Å². The SMILES string of the molecule is Cc1cnn([C@H](C)[C@H](C)NCc2ccnc(-c3ccccc3)n2)c1. The minimum atomic E-state index is 0.272. The maximum Gasteiger partial charge on any atom is 0.159 e. The van der Waals surface area contributed by atoms with E-state index < -0.39 is 0 Å². The molecule has 0 radical (unpaired) electrons. The van der Waals surface area contributed by atoms with E-state index in [1.54, 1.807) is 0 Å². The van der Waals surface area contributed by atoms with Crippen LogP contribution in [0.5, 0.6) is 0 Å². The number of benzene rings is 1. The first-order valence-electron chi connectivity index (χ1n) is 8.25. The van der Waals surface area contributed by atoms with E-state index >= 15 is 0 Å². The molecule has 0 saturated carbocycles. The van der Waals surface area contributed by atoms with Crippen LogP contribution in [0.3, 0.4) is 0 Å². The van der Waals surface area contributed by atoms with E-state index in [0.717, 1.165) is 17.1 Å². The summed E-state index contributed by atoms with van der Waals surface area (Å²) in [6.45, 7) is 7.09. The van der Waals surface area contributed by atoms with Gasteiger partial charge >= 0.3 is 0 Å². The molecular weight excluding hydrogens is 298 g/mol. The zero-order chi connectivity index (χ0) is 16.9. The summed E-state index contributed by atoms with van der Waals surface area (Å²) in [5.74, 6) is 0.762. The number of nitrogens with one attached hydrogen (secondary N) is 1. The molecule has 0 fully saturated rings. The molecule has 1 N–H and O–H groups in total. The van der Waals surface area contributed by atoms with Gasteiger partial charge in [0.1, 0.15) is 0 Å². The summed E-state index contributed by atoms with van der Waals surface area (Å²) in [5, 5.41) is 7.93.